The Morgan fingerprint density at radius 3 is 2.21 bits per heavy atom. The zero-order valence-electron chi connectivity index (χ0n) is 18.4. The van der Waals surface area contributed by atoms with Crippen LogP contribution in [0.3, 0.4) is 0 Å². The second-order valence-corrected chi connectivity index (χ2v) is 8.20. The summed E-state index contributed by atoms with van der Waals surface area (Å²) in [6, 6.07) is 20.2. The van der Waals surface area contributed by atoms with Crippen LogP contribution in [0.25, 0.3) is 28.2 Å². The van der Waals surface area contributed by atoms with Crippen LogP contribution in [0.4, 0.5) is 13.2 Å². The molecule has 0 radical (unpaired) electrons. The van der Waals surface area contributed by atoms with E-state index in [1.807, 2.05) is 42.5 Å². The molecule has 170 valence electrons. The van der Waals surface area contributed by atoms with Crippen LogP contribution in [0, 0.1) is 0 Å². The summed E-state index contributed by atoms with van der Waals surface area (Å²) in [7, 11) is 1.59. The molecule has 0 amide bonds. The van der Waals surface area contributed by atoms with E-state index in [0.717, 1.165) is 22.9 Å². The molecule has 0 aliphatic rings. The number of benzene rings is 3. The fourth-order valence-corrected chi connectivity index (χ4v) is 3.61. The highest BCUT2D eigenvalue weighted by molar-refractivity contribution is 5.69. The summed E-state index contributed by atoms with van der Waals surface area (Å²) < 4.78 is 48.1. The molecule has 0 fully saturated rings. The molecule has 0 aliphatic carbocycles. The molecule has 4 nitrogen and oxygen atoms in total. The quantitative estimate of drug-likeness (QED) is 0.378. The molecule has 1 heterocycles. The molecule has 0 saturated carbocycles. The molecule has 0 saturated heterocycles. The maximum Gasteiger partial charge on any atom is 0.417 e. The van der Waals surface area contributed by atoms with Crippen LogP contribution in [0.2, 0.25) is 0 Å². The molecule has 0 unspecified atom stereocenters. The second kappa shape index (κ2) is 8.41. The van der Waals surface area contributed by atoms with Crippen LogP contribution in [-0.4, -0.2) is 21.8 Å². The predicted octanol–water partition coefficient (Wildman–Crippen LogP) is 6.46. The fourth-order valence-electron chi connectivity index (χ4n) is 3.61. The molecule has 0 atom stereocenters. The van der Waals surface area contributed by atoms with E-state index in [2.05, 4.69) is 4.98 Å². The number of hydrogen-bond acceptors (Lipinski definition) is 3. The van der Waals surface area contributed by atoms with Gasteiger partial charge in [-0.2, -0.15) is 13.2 Å². The number of nitrogens with zero attached hydrogens (tertiary/aromatic N) is 2. The van der Waals surface area contributed by atoms with Gasteiger partial charge in [0.05, 0.1) is 18.4 Å². The van der Waals surface area contributed by atoms with Gasteiger partial charge in [-0.05, 0) is 55.3 Å². The van der Waals surface area contributed by atoms with Crippen LogP contribution in [0.5, 0.6) is 5.75 Å². The minimum Gasteiger partial charge on any atom is -0.497 e. The van der Waals surface area contributed by atoms with Crippen LogP contribution < -0.4 is 4.74 Å². The van der Waals surface area contributed by atoms with Gasteiger partial charge >= 0.3 is 6.18 Å². The lowest BCUT2D eigenvalue weighted by atomic mass is 10.0. The summed E-state index contributed by atoms with van der Waals surface area (Å²) in [4.78, 5) is 4.42. The lowest BCUT2D eigenvalue weighted by molar-refractivity contribution is -0.137. The highest BCUT2D eigenvalue weighted by Gasteiger charge is 2.35. The molecule has 1 N–H and O–H groups in total. The summed E-state index contributed by atoms with van der Waals surface area (Å²) in [5.41, 5.74) is 0.519. The highest BCUT2D eigenvalue weighted by atomic mass is 19.4. The van der Waals surface area contributed by atoms with Gasteiger partial charge in [-0.15, -0.1) is 0 Å². The van der Waals surface area contributed by atoms with E-state index in [1.165, 1.54) is 12.1 Å². The smallest absolute Gasteiger partial charge is 0.417 e. The van der Waals surface area contributed by atoms with E-state index < -0.39 is 17.3 Å². The van der Waals surface area contributed by atoms with Crippen LogP contribution in [0.1, 0.15) is 25.1 Å². The van der Waals surface area contributed by atoms with E-state index in [9.17, 15) is 18.3 Å². The third kappa shape index (κ3) is 4.64. The lowest BCUT2D eigenvalue weighted by Gasteiger charge is -2.14. The minimum absolute atomic E-state index is 0.0599. The van der Waals surface area contributed by atoms with E-state index in [4.69, 9.17) is 4.74 Å². The van der Waals surface area contributed by atoms with Gasteiger partial charge in [0.15, 0.2) is 0 Å². The lowest BCUT2D eigenvalue weighted by Crippen LogP contribution is -2.15. The summed E-state index contributed by atoms with van der Waals surface area (Å²) in [5.74, 6) is 0.831. The average molecular weight is 452 g/mol. The number of halogens is 3. The molecule has 4 aromatic rings. The van der Waals surface area contributed by atoms with Crippen molar-refractivity contribution in [1.82, 2.24) is 9.55 Å². The maximum atomic E-state index is 13.8. The van der Waals surface area contributed by atoms with Crippen molar-refractivity contribution in [2.75, 3.05) is 7.11 Å². The Kier molecular flexibility index (Phi) is 5.76. The van der Waals surface area contributed by atoms with Crippen molar-refractivity contribution >= 4 is 0 Å². The Bertz CT molecular complexity index is 1270. The van der Waals surface area contributed by atoms with E-state index in [1.54, 1.807) is 43.9 Å². The summed E-state index contributed by atoms with van der Waals surface area (Å²) in [6.45, 7) is 3.10. The average Bonchev–Trinajstić information content (AvgIpc) is 3.25. The zero-order valence-corrected chi connectivity index (χ0v) is 18.4. The Morgan fingerprint density at radius 1 is 0.879 bits per heavy atom. The number of ether oxygens (including phenoxy) is 1. The number of aromatic nitrogens is 2. The fraction of sp³-hybridized carbons (Fsp3) is 0.192. The number of alkyl halides is 3. The zero-order chi connectivity index (χ0) is 23.8. The second-order valence-electron chi connectivity index (χ2n) is 8.20. The van der Waals surface area contributed by atoms with Gasteiger partial charge in [0.25, 0.3) is 0 Å². The molecular formula is C26H23F3N2O2. The molecule has 0 bridgehead atoms. The minimum atomic E-state index is -4.55. The molecular weight excluding hydrogens is 429 g/mol. The maximum absolute atomic E-state index is 13.8. The van der Waals surface area contributed by atoms with E-state index in [-0.39, 0.29) is 17.1 Å². The van der Waals surface area contributed by atoms with Gasteiger partial charge in [0, 0.05) is 17.4 Å². The van der Waals surface area contributed by atoms with Crippen molar-refractivity contribution < 1.29 is 23.0 Å². The molecule has 0 aliphatic heterocycles. The van der Waals surface area contributed by atoms with Crippen LogP contribution in [0.15, 0.2) is 79.0 Å². The third-order valence-electron chi connectivity index (χ3n) is 5.35. The highest BCUT2D eigenvalue weighted by Crippen LogP contribution is 2.38. The van der Waals surface area contributed by atoms with Crippen molar-refractivity contribution in [3.05, 3.63) is 90.3 Å². The standard InChI is InChI=1S/C26H23F3N2O2/c1-25(2,32)23-16-31(24(30-23)21-9-4-5-10-22(21)26(27,28)29)19-8-6-7-18(15-19)17-11-13-20(33-3)14-12-17/h4-16,32H,1-3H3. The SMILES string of the molecule is COc1ccc(-c2cccc(-n3cc(C(C)(C)O)nc3-c3ccccc3C(F)(F)F)c2)cc1. The van der Waals surface area contributed by atoms with Gasteiger partial charge in [-0.3, -0.25) is 4.57 Å². The molecule has 3 aromatic carbocycles. The molecule has 4 rings (SSSR count). The number of methoxy groups -OCH3 is 1. The van der Waals surface area contributed by atoms with Crippen molar-refractivity contribution in [3.8, 4) is 34.0 Å². The van der Waals surface area contributed by atoms with Gasteiger partial charge in [0.2, 0.25) is 0 Å². The van der Waals surface area contributed by atoms with Gasteiger partial charge < -0.3 is 9.84 Å². The first kappa shape index (κ1) is 22.6. The Labute approximate surface area is 189 Å². The number of hydrogen-bond donors (Lipinski definition) is 1. The van der Waals surface area contributed by atoms with Gasteiger partial charge in [0.1, 0.15) is 17.2 Å². The normalized spacial score (nSPS) is 12.1. The molecule has 0 spiro atoms. The largest absolute Gasteiger partial charge is 0.497 e. The Hall–Kier alpha value is -3.58. The summed E-state index contributed by atoms with van der Waals surface area (Å²) in [6.07, 6.45) is -2.97. The molecule has 1 aromatic heterocycles. The number of rotatable bonds is 5. The first-order valence-corrected chi connectivity index (χ1v) is 10.3. The van der Waals surface area contributed by atoms with Crippen LogP contribution >= 0.6 is 0 Å². The number of aliphatic hydroxyl groups is 1. The van der Waals surface area contributed by atoms with Crippen LogP contribution in [-0.2, 0) is 11.8 Å². The van der Waals surface area contributed by atoms with E-state index >= 15 is 0 Å². The third-order valence-corrected chi connectivity index (χ3v) is 5.35. The van der Waals surface area contributed by atoms with Crippen molar-refractivity contribution in [3.63, 3.8) is 0 Å². The van der Waals surface area contributed by atoms with Crippen molar-refractivity contribution in [2.45, 2.75) is 25.6 Å². The first-order valence-electron chi connectivity index (χ1n) is 10.3. The van der Waals surface area contributed by atoms with Gasteiger partial charge in [-0.1, -0.05) is 42.5 Å². The van der Waals surface area contributed by atoms with Gasteiger partial charge in [-0.25, -0.2) is 4.98 Å². The van der Waals surface area contributed by atoms with Crippen molar-refractivity contribution in [1.29, 1.82) is 0 Å². The topological polar surface area (TPSA) is 47.3 Å². The Morgan fingerprint density at radius 2 is 1.58 bits per heavy atom. The predicted molar refractivity (Wildman–Crippen MR) is 121 cm³/mol. The molecule has 7 heteroatoms. The Balaban J connectivity index is 1.90. The summed E-state index contributed by atoms with van der Waals surface area (Å²) >= 11 is 0. The van der Waals surface area contributed by atoms with Crippen molar-refractivity contribution in [2.24, 2.45) is 0 Å². The molecule has 33 heavy (non-hydrogen) atoms. The number of imidazole rings is 1. The monoisotopic (exact) mass is 452 g/mol. The summed E-state index contributed by atoms with van der Waals surface area (Å²) in [5, 5.41) is 10.5. The first-order chi connectivity index (χ1) is 15.6. The van der Waals surface area contributed by atoms with E-state index in [0.29, 0.717) is 5.69 Å².